The number of carboxylic acid groups (broad SMARTS) is 5. The number of esters is 4. The molecule has 1 aromatic heterocycles. The Labute approximate surface area is 774 Å². The van der Waals surface area contributed by atoms with Crippen LogP contribution in [0.25, 0.3) is 52.7 Å². The lowest BCUT2D eigenvalue weighted by atomic mass is 9.87. The molecule has 2 heterocycles. The standard InChI is InChI=1S/C35H28O17.C26H20O10.C26H22O10.C9H10O5/c36-19-6-1-15(11-23(19)40)12-26(32(44)45)50-34(48)29-28-16(2-8-22(39)31(28)52-30(29)17-3-7-20(37)24(41)13-17)4-10-27(43)51-35(33(46)47)49-18-5-9-21(38)25(42)14-18;27-17-5-1-13(9-20(17)30)10-23(26(33)34)35-24(32)8-4-14-2-7-19(29)25-16(14)12-22(36-25)15-3-6-18(28)21(31)11-15;27-18-7-2-14(11-21(18)30)1-6-17-16(4-9-20(29)25(17)33)5-10-24(32)36-23(26(34)35)13-15-3-8-19(28)22(31)12-15;10-6-2-1-5(3-7(6)11)4-8(12)9(13)14/h1-11,13-14,26,29-30,35-42H,12H2,(H,44,45)(H,46,47);1-9,11-12,23,27-31H,10H2,(H,33,34);1-12,23,27-31,33H,13H2,(H,34,35);1-3,8,10-12H,4H2,(H,13,14)/b10-4+;8-4+;6-1+,10-5+;/t26?,29-,30?,35-;2*23-;8-/m0111/s1. The first-order valence-corrected chi connectivity index (χ1v) is 39.8. The van der Waals surface area contributed by atoms with Gasteiger partial charge in [-0.05, 0) is 202 Å². The van der Waals surface area contributed by atoms with Gasteiger partial charge in [0.2, 0.25) is 18.3 Å². The number of aromatic hydroxyl groups is 20. The second kappa shape index (κ2) is 44.6. The number of hydrogen-bond acceptors (Lipinski definition) is 37. The second-order valence-electron chi connectivity index (χ2n) is 29.6. The summed E-state index contributed by atoms with van der Waals surface area (Å²) in [7, 11) is 0. The Kier molecular flexibility index (Phi) is 32.6. The van der Waals surface area contributed by atoms with Crippen molar-refractivity contribution in [1.29, 1.82) is 0 Å². The fourth-order valence-corrected chi connectivity index (χ4v) is 12.9. The highest BCUT2D eigenvalue weighted by Gasteiger charge is 2.46. The van der Waals surface area contributed by atoms with E-state index in [1.165, 1.54) is 152 Å². The Morgan fingerprint density at radius 2 is 0.732 bits per heavy atom. The summed E-state index contributed by atoms with van der Waals surface area (Å²) in [5, 5.41) is 250. The minimum atomic E-state index is -2.23. The summed E-state index contributed by atoms with van der Waals surface area (Å²) in [6, 6.07) is 38.8. The molecule has 2 unspecified atom stereocenters. The smallest absolute Gasteiger partial charge is 0.387 e. The molecule has 0 amide bonds. The maximum Gasteiger partial charge on any atom is 0.387 e. The summed E-state index contributed by atoms with van der Waals surface area (Å²) >= 11 is 0. The maximum atomic E-state index is 13.9. The monoisotopic (exact) mass is 1900 g/mol. The molecule has 42 heteroatoms. The van der Waals surface area contributed by atoms with Crippen molar-refractivity contribution in [3.63, 3.8) is 0 Å². The number of carbonyl (C=O) groups is 9. The maximum absolute atomic E-state index is 13.9. The summed E-state index contributed by atoms with van der Waals surface area (Å²) < 4.78 is 37.1. The lowest BCUT2D eigenvalue weighted by molar-refractivity contribution is -0.179. The van der Waals surface area contributed by atoms with Crippen molar-refractivity contribution in [3.8, 4) is 138 Å². The van der Waals surface area contributed by atoms with Crippen LogP contribution < -0.4 is 9.47 Å². The molecular weight excluding hydrogens is 1830 g/mol. The SMILES string of the molecule is O=C(/C=C/c1ccc(O)c(O)c1/C=C/c1ccc(O)c(O)c1)O[C@H](Cc1ccc(O)c(O)c1)C(=O)O.O=C(/C=C/c1ccc(O)c2c1[C@H](C(=O)OC(Cc1ccc(O)c(O)c1)C(=O)O)C(c1ccc(O)c(O)c1)O2)O[C@H](Oc1ccc(O)c(O)c1)C(=O)O.O=C(/C=C/c1ccc(O)c2oc(-c3ccc(O)c(O)c3)cc12)O[C@H](Cc1ccc(O)c(O)c1)C(=O)O.O=C(O)[C@H](O)Cc1ccc(O)c(O)c1. The molecule has 13 rings (SSSR count). The summed E-state index contributed by atoms with van der Waals surface area (Å²) in [6.07, 6.45) is -1.92. The number of furan rings is 1. The molecular formula is C96H80O42. The Bertz CT molecular complexity index is 6780. The first-order valence-electron chi connectivity index (χ1n) is 39.8. The van der Waals surface area contributed by atoms with E-state index in [4.69, 9.17) is 53.3 Å². The van der Waals surface area contributed by atoms with Crippen molar-refractivity contribution in [2.45, 2.75) is 68.4 Å². The van der Waals surface area contributed by atoms with Crippen molar-refractivity contribution in [3.05, 3.63) is 267 Å². The van der Waals surface area contributed by atoms with Gasteiger partial charge >= 0.3 is 60.0 Å². The number of phenolic OH excluding ortho intramolecular Hbond substituents is 20. The van der Waals surface area contributed by atoms with Gasteiger partial charge in [0.1, 0.15) is 23.5 Å². The molecule has 716 valence electrons. The largest absolute Gasteiger partial charge is 0.504 e. The zero-order valence-electron chi connectivity index (χ0n) is 70.5. The van der Waals surface area contributed by atoms with Crippen LogP contribution in [0, 0.1) is 0 Å². The first-order chi connectivity index (χ1) is 65.3. The molecule has 0 saturated carbocycles. The molecule has 0 bridgehead atoms. The van der Waals surface area contributed by atoms with Crippen LogP contribution in [0.15, 0.2) is 211 Å². The van der Waals surface area contributed by atoms with Crippen molar-refractivity contribution in [2.24, 2.45) is 0 Å². The summed E-state index contributed by atoms with van der Waals surface area (Å²) in [5.41, 5.74) is 3.05. The molecule has 138 heavy (non-hydrogen) atoms. The molecule has 1 aliphatic heterocycles. The lowest BCUT2D eigenvalue weighted by Gasteiger charge is -2.22. The zero-order chi connectivity index (χ0) is 101. The van der Waals surface area contributed by atoms with Crippen LogP contribution in [0.2, 0.25) is 0 Å². The molecule has 0 aliphatic carbocycles. The van der Waals surface area contributed by atoms with Gasteiger partial charge in [-0.3, -0.25) is 4.79 Å². The second-order valence-corrected chi connectivity index (χ2v) is 29.6. The number of benzene rings is 11. The average molecular weight is 1910 g/mol. The highest BCUT2D eigenvalue weighted by Crippen LogP contribution is 2.54. The molecule has 7 atom stereocenters. The summed E-state index contributed by atoms with van der Waals surface area (Å²) in [5.74, 6) is -22.2. The number of carboxylic acids is 5. The molecule has 42 nitrogen and oxygen atoms in total. The van der Waals surface area contributed by atoms with Crippen LogP contribution in [-0.2, 0) is 87.8 Å². The van der Waals surface area contributed by atoms with Crippen LogP contribution in [-0.4, -0.2) is 217 Å². The predicted octanol–water partition coefficient (Wildman–Crippen LogP) is 10.4. The summed E-state index contributed by atoms with van der Waals surface area (Å²) in [6.45, 7) is 0. The van der Waals surface area contributed by atoms with Crippen molar-refractivity contribution in [2.75, 3.05) is 0 Å². The number of aliphatic hydroxyl groups excluding tert-OH is 1. The van der Waals surface area contributed by atoms with Gasteiger partial charge in [0.25, 0.3) is 0 Å². The van der Waals surface area contributed by atoms with E-state index in [2.05, 4.69) is 0 Å². The van der Waals surface area contributed by atoms with Crippen LogP contribution in [0.5, 0.6) is 126 Å². The molecule has 11 aromatic carbocycles. The molecule has 0 fully saturated rings. The van der Waals surface area contributed by atoms with Crippen LogP contribution in [0.3, 0.4) is 0 Å². The molecule has 1 aliphatic rings. The molecule has 0 spiro atoms. The fraction of sp³-hybridized carbons (Fsp3) is 0.115. The van der Waals surface area contributed by atoms with Gasteiger partial charge in [0.15, 0.2) is 132 Å². The Hall–Kier alpha value is -19.3. The van der Waals surface area contributed by atoms with Gasteiger partial charge < -0.3 is 166 Å². The summed E-state index contributed by atoms with van der Waals surface area (Å²) in [4.78, 5) is 109. The fourth-order valence-electron chi connectivity index (χ4n) is 12.9. The predicted molar refractivity (Wildman–Crippen MR) is 474 cm³/mol. The van der Waals surface area contributed by atoms with Gasteiger partial charge in [0, 0.05) is 72.1 Å². The van der Waals surface area contributed by atoms with E-state index in [1.807, 2.05) is 0 Å². The van der Waals surface area contributed by atoms with E-state index < -0.39 is 166 Å². The quantitative estimate of drug-likeness (QED) is 0.00496. The van der Waals surface area contributed by atoms with Gasteiger partial charge in [-0.15, -0.1) is 0 Å². The number of carbonyl (C=O) groups excluding carboxylic acids is 4. The van der Waals surface area contributed by atoms with Gasteiger partial charge in [-0.2, -0.15) is 0 Å². The molecule has 0 radical (unpaired) electrons. The number of hydrogen-bond donors (Lipinski definition) is 26. The third-order valence-corrected chi connectivity index (χ3v) is 19.8. The van der Waals surface area contributed by atoms with E-state index in [0.717, 1.165) is 78.9 Å². The number of ether oxygens (including phenoxy) is 6. The number of aliphatic carboxylic acids is 5. The third kappa shape index (κ3) is 26.3. The van der Waals surface area contributed by atoms with Gasteiger partial charge in [0.05, 0.1) is 0 Å². The average Bonchev–Trinajstić information content (AvgIpc) is 1.60. The van der Waals surface area contributed by atoms with Crippen LogP contribution >= 0.6 is 0 Å². The van der Waals surface area contributed by atoms with Crippen LogP contribution in [0.4, 0.5) is 0 Å². The van der Waals surface area contributed by atoms with Crippen LogP contribution in [0.1, 0.15) is 73.2 Å². The number of fused-ring (bicyclic) bond motifs is 2. The van der Waals surface area contributed by atoms with Crippen molar-refractivity contribution in [1.82, 2.24) is 0 Å². The van der Waals surface area contributed by atoms with Gasteiger partial charge in [-0.1, -0.05) is 60.7 Å². The minimum Gasteiger partial charge on any atom is -0.504 e. The Morgan fingerprint density at radius 1 is 0.333 bits per heavy atom. The lowest BCUT2D eigenvalue weighted by Crippen LogP contribution is -2.33. The topological polar surface area (TPSA) is 748 Å². The number of rotatable bonds is 30. The van der Waals surface area contributed by atoms with E-state index in [-0.39, 0.29) is 127 Å². The van der Waals surface area contributed by atoms with E-state index in [1.54, 1.807) is 6.07 Å². The number of phenols is 20. The normalized spacial score (nSPS) is 13.6. The van der Waals surface area contributed by atoms with E-state index >= 15 is 0 Å². The Balaban J connectivity index is 0.000000203. The van der Waals surface area contributed by atoms with E-state index in [0.29, 0.717) is 38.8 Å². The zero-order valence-corrected chi connectivity index (χ0v) is 70.5. The molecule has 0 saturated heterocycles. The molecule has 26 N–H and O–H groups in total. The third-order valence-electron chi connectivity index (χ3n) is 19.8. The highest BCUT2D eigenvalue weighted by molar-refractivity contribution is 5.98. The number of aliphatic hydroxyl groups is 1. The van der Waals surface area contributed by atoms with Gasteiger partial charge in [-0.25, -0.2) is 38.4 Å². The van der Waals surface area contributed by atoms with E-state index in [9.17, 15) is 155 Å². The highest BCUT2D eigenvalue weighted by atomic mass is 16.7. The minimum absolute atomic E-state index is 0.00350. The first kappa shape index (κ1) is 101. The van der Waals surface area contributed by atoms with Crippen molar-refractivity contribution >= 4 is 95.1 Å². The molecule has 12 aromatic rings. The van der Waals surface area contributed by atoms with Crippen molar-refractivity contribution < 1.29 is 209 Å². The Morgan fingerprint density at radius 3 is 1.20 bits per heavy atom.